The summed E-state index contributed by atoms with van der Waals surface area (Å²) < 4.78 is 73.1. The predicted molar refractivity (Wildman–Crippen MR) is 44.9 cm³/mol. The largest absolute Gasteiger partial charge is 1.00 e. The van der Waals surface area contributed by atoms with Crippen molar-refractivity contribution in [3.63, 3.8) is 0 Å². The van der Waals surface area contributed by atoms with Crippen LogP contribution >= 0.6 is 0 Å². The zero-order valence-corrected chi connectivity index (χ0v) is 11.7. The number of halogens is 6. The van der Waals surface area contributed by atoms with E-state index in [1.165, 1.54) is 0 Å². The predicted octanol–water partition coefficient (Wildman–Crippen LogP) is 0.0722. The molecule has 0 heterocycles. The minimum atomic E-state index is -5.25. The third-order valence-corrected chi connectivity index (χ3v) is 1.95. The van der Waals surface area contributed by atoms with Gasteiger partial charge >= 0.3 is 64.5 Å². The Balaban J connectivity index is 0.00000225. The van der Waals surface area contributed by atoms with Gasteiger partial charge in [0.05, 0.1) is 5.56 Å². The van der Waals surface area contributed by atoms with Crippen molar-refractivity contribution in [3.8, 4) is 0 Å². The molecule has 0 radical (unpaired) electrons. The third-order valence-electron chi connectivity index (χ3n) is 1.95. The van der Waals surface area contributed by atoms with Crippen molar-refractivity contribution in [2.45, 2.75) is 13.1 Å². The van der Waals surface area contributed by atoms with Crippen LogP contribution in [0.15, 0.2) is 18.2 Å². The Morgan fingerprint density at radius 2 is 1.56 bits per heavy atom. The van der Waals surface area contributed by atoms with Gasteiger partial charge in [0.1, 0.15) is 0 Å². The fraction of sp³-hybridized carbons (Fsp3) is 0.250. The summed E-state index contributed by atoms with van der Waals surface area (Å²) >= 11 is 0. The summed E-state index contributed by atoms with van der Waals surface area (Å²) in [6.45, 7) is -4.24. The zero-order valence-electron chi connectivity index (χ0n) is 8.58. The van der Waals surface area contributed by atoms with Gasteiger partial charge in [-0.05, 0) is 13.0 Å². The second kappa shape index (κ2) is 5.43. The van der Waals surface area contributed by atoms with E-state index in [0.29, 0.717) is 18.2 Å². The van der Waals surface area contributed by atoms with E-state index in [9.17, 15) is 26.1 Å². The minimum absolute atomic E-state index is 0. The zero-order chi connectivity index (χ0) is 11.9. The van der Waals surface area contributed by atoms with Crippen LogP contribution in [0.3, 0.4) is 0 Å². The molecule has 0 saturated heterocycles. The van der Waals surface area contributed by atoms with Gasteiger partial charge in [0.2, 0.25) is 0 Å². The second-order valence-electron chi connectivity index (χ2n) is 3.14. The van der Waals surface area contributed by atoms with E-state index in [1.807, 2.05) is 0 Å². The summed E-state index contributed by atoms with van der Waals surface area (Å²) in [6.07, 6.45) is -4.61. The molecule has 0 atom stereocenters. The molecule has 0 aliphatic rings. The van der Waals surface area contributed by atoms with Gasteiger partial charge in [-0.2, -0.15) is 13.2 Å². The summed E-state index contributed by atoms with van der Waals surface area (Å²) in [4.78, 5) is 0. The third kappa shape index (κ3) is 4.06. The SMILES string of the molecule is Cc1cc(C(F)(F)F)ccc1[B-](F)(F)F.[K+]. The van der Waals surface area contributed by atoms with Gasteiger partial charge in [0, 0.05) is 0 Å². The van der Waals surface area contributed by atoms with Gasteiger partial charge in [0.15, 0.2) is 0 Å². The maximum Gasteiger partial charge on any atom is 1.00 e. The first kappa shape index (κ1) is 16.5. The fourth-order valence-electron chi connectivity index (χ4n) is 1.22. The molecular formula is C8H6BF6K. The molecule has 0 aliphatic heterocycles. The van der Waals surface area contributed by atoms with Gasteiger partial charge in [0.25, 0.3) is 0 Å². The summed E-state index contributed by atoms with van der Waals surface area (Å²) in [6, 6.07) is 1.42. The molecule has 8 heteroatoms. The Bertz CT molecular complexity index is 370. The van der Waals surface area contributed by atoms with Crippen LogP contribution in [0.4, 0.5) is 26.1 Å². The minimum Gasteiger partial charge on any atom is -0.445 e. The van der Waals surface area contributed by atoms with E-state index >= 15 is 0 Å². The first-order valence-corrected chi connectivity index (χ1v) is 4.00. The molecule has 0 unspecified atom stereocenters. The van der Waals surface area contributed by atoms with Crippen LogP contribution in [0.1, 0.15) is 11.1 Å². The maximum absolute atomic E-state index is 12.3. The first-order valence-electron chi connectivity index (χ1n) is 4.00. The molecular weight excluding hydrogens is 260 g/mol. The average molecular weight is 266 g/mol. The van der Waals surface area contributed by atoms with Crippen molar-refractivity contribution in [1.29, 1.82) is 0 Å². The standard InChI is InChI=1S/C8H6BF6.K/c1-5-4-6(8(10,11)12)2-3-7(5)9(13,14)15;/h2-4H,1H3;/q-1;+1. The molecule has 0 saturated carbocycles. The summed E-state index contributed by atoms with van der Waals surface area (Å²) in [5.74, 6) is 0. The monoisotopic (exact) mass is 266 g/mol. The van der Waals surface area contributed by atoms with Crippen LogP contribution in [0.25, 0.3) is 0 Å². The summed E-state index contributed by atoms with van der Waals surface area (Å²) in [7, 11) is 0. The van der Waals surface area contributed by atoms with Crippen LogP contribution in [0, 0.1) is 6.92 Å². The van der Waals surface area contributed by atoms with Crippen LogP contribution in [0.5, 0.6) is 0 Å². The molecule has 84 valence electrons. The first-order chi connectivity index (χ1) is 6.62. The second-order valence-corrected chi connectivity index (χ2v) is 3.14. The molecule has 0 spiro atoms. The Labute approximate surface area is 131 Å². The maximum atomic E-state index is 12.3. The molecule has 1 rings (SSSR count). The Kier molecular flexibility index (Phi) is 5.60. The van der Waals surface area contributed by atoms with Crippen LogP contribution < -0.4 is 56.8 Å². The molecule has 0 bridgehead atoms. The van der Waals surface area contributed by atoms with Crippen molar-refractivity contribution in [1.82, 2.24) is 0 Å². The van der Waals surface area contributed by atoms with E-state index in [-0.39, 0.29) is 51.4 Å². The molecule has 0 nitrogen and oxygen atoms in total. The molecule has 0 aromatic heterocycles. The fourth-order valence-corrected chi connectivity index (χ4v) is 1.22. The Hall–Kier alpha value is 0.501. The van der Waals surface area contributed by atoms with Gasteiger partial charge in [-0.15, -0.1) is 5.46 Å². The average Bonchev–Trinajstić information content (AvgIpc) is 1.99. The van der Waals surface area contributed by atoms with Crippen molar-refractivity contribution in [2.24, 2.45) is 0 Å². The molecule has 0 aliphatic carbocycles. The van der Waals surface area contributed by atoms with E-state index in [1.54, 1.807) is 0 Å². The van der Waals surface area contributed by atoms with Gasteiger partial charge in [-0.25, -0.2) is 0 Å². The van der Waals surface area contributed by atoms with Gasteiger partial charge < -0.3 is 12.9 Å². The van der Waals surface area contributed by atoms with E-state index < -0.39 is 29.7 Å². The Morgan fingerprint density at radius 1 is 1.06 bits per heavy atom. The van der Waals surface area contributed by atoms with Gasteiger partial charge in [-0.3, -0.25) is 0 Å². The van der Waals surface area contributed by atoms with E-state index in [0.717, 1.165) is 6.92 Å². The molecule has 1 aromatic rings. The number of hydrogen-bond acceptors (Lipinski definition) is 0. The van der Waals surface area contributed by atoms with E-state index in [4.69, 9.17) is 0 Å². The number of alkyl halides is 3. The molecule has 0 amide bonds. The number of hydrogen-bond donors (Lipinski definition) is 0. The van der Waals surface area contributed by atoms with Crippen LogP contribution in [-0.4, -0.2) is 6.98 Å². The van der Waals surface area contributed by atoms with Crippen LogP contribution in [0.2, 0.25) is 0 Å². The Morgan fingerprint density at radius 3 is 1.88 bits per heavy atom. The van der Waals surface area contributed by atoms with Crippen molar-refractivity contribution >= 4 is 12.4 Å². The topological polar surface area (TPSA) is 0 Å². The van der Waals surface area contributed by atoms with Crippen molar-refractivity contribution in [2.75, 3.05) is 0 Å². The number of rotatable bonds is 1. The smallest absolute Gasteiger partial charge is 0.445 e. The number of benzene rings is 1. The molecule has 0 N–H and O–H groups in total. The molecule has 16 heavy (non-hydrogen) atoms. The van der Waals surface area contributed by atoms with E-state index in [2.05, 4.69) is 0 Å². The quantitative estimate of drug-likeness (QED) is 0.498. The van der Waals surface area contributed by atoms with Crippen molar-refractivity contribution < 1.29 is 77.5 Å². The normalized spacial score (nSPS) is 12.2. The summed E-state index contributed by atoms with van der Waals surface area (Å²) in [5.41, 5.74) is -2.45. The van der Waals surface area contributed by atoms with Crippen LogP contribution in [-0.2, 0) is 6.18 Å². The van der Waals surface area contributed by atoms with Gasteiger partial charge in [-0.1, -0.05) is 17.7 Å². The molecule has 0 fully saturated rings. The number of aryl methyl sites for hydroxylation is 1. The molecule has 1 aromatic carbocycles. The van der Waals surface area contributed by atoms with Crippen molar-refractivity contribution in [3.05, 3.63) is 29.3 Å². The summed E-state index contributed by atoms with van der Waals surface area (Å²) in [5, 5.41) is 0.